The fourth-order valence-electron chi connectivity index (χ4n) is 1.41. The first-order chi connectivity index (χ1) is 9.15. The molecule has 19 heavy (non-hydrogen) atoms. The van der Waals surface area contributed by atoms with Crippen LogP contribution in [0.2, 0.25) is 0 Å². The van der Waals surface area contributed by atoms with E-state index in [0.717, 1.165) is 5.03 Å². The van der Waals surface area contributed by atoms with E-state index in [0.29, 0.717) is 5.69 Å². The fourth-order valence-corrected chi connectivity index (χ4v) is 2.07. The van der Waals surface area contributed by atoms with Crippen LogP contribution in [0.5, 0.6) is 0 Å². The van der Waals surface area contributed by atoms with Crippen LogP contribution in [0, 0.1) is 5.82 Å². The Morgan fingerprint density at radius 1 is 1.37 bits per heavy atom. The summed E-state index contributed by atoms with van der Waals surface area (Å²) in [5.41, 5.74) is 6.22. The smallest absolute Gasteiger partial charge is 0.234 e. The van der Waals surface area contributed by atoms with Crippen molar-refractivity contribution in [3.63, 3.8) is 0 Å². The van der Waals surface area contributed by atoms with Crippen molar-refractivity contribution in [1.82, 2.24) is 4.98 Å². The Hall–Kier alpha value is -2.08. The molecule has 2 aromatic rings. The van der Waals surface area contributed by atoms with Crippen molar-refractivity contribution in [2.75, 3.05) is 16.8 Å². The lowest BCUT2D eigenvalue weighted by Crippen LogP contribution is -2.15. The molecule has 3 N–H and O–H groups in total. The number of nitrogens with one attached hydrogen (secondary N) is 1. The van der Waals surface area contributed by atoms with Crippen LogP contribution in [0.15, 0.2) is 47.6 Å². The summed E-state index contributed by atoms with van der Waals surface area (Å²) >= 11 is 1.32. The third-order valence-electron chi connectivity index (χ3n) is 2.28. The number of nitrogens with two attached hydrogens (primary N) is 1. The number of thioether (sulfide) groups is 1. The summed E-state index contributed by atoms with van der Waals surface area (Å²) in [6.07, 6.45) is 1.66. The van der Waals surface area contributed by atoms with E-state index in [1.54, 1.807) is 6.20 Å². The molecule has 0 aliphatic carbocycles. The molecule has 0 fully saturated rings. The number of halogens is 1. The first-order valence-electron chi connectivity index (χ1n) is 5.54. The van der Waals surface area contributed by atoms with Gasteiger partial charge in [-0.2, -0.15) is 0 Å². The molecule has 0 spiro atoms. The van der Waals surface area contributed by atoms with Gasteiger partial charge in [-0.3, -0.25) is 4.79 Å². The van der Waals surface area contributed by atoms with Gasteiger partial charge in [-0.25, -0.2) is 9.37 Å². The SMILES string of the molecule is Nc1cc(F)ccc1NC(=O)CSc1ccccn1. The summed E-state index contributed by atoms with van der Waals surface area (Å²) in [6, 6.07) is 9.34. The van der Waals surface area contributed by atoms with E-state index in [9.17, 15) is 9.18 Å². The standard InChI is InChI=1S/C13H12FN3OS/c14-9-4-5-11(10(15)7-9)17-12(18)8-19-13-3-1-2-6-16-13/h1-7H,8,15H2,(H,17,18). The van der Waals surface area contributed by atoms with Gasteiger partial charge in [-0.05, 0) is 30.3 Å². The minimum atomic E-state index is -0.432. The van der Waals surface area contributed by atoms with Crippen molar-refractivity contribution < 1.29 is 9.18 Å². The topological polar surface area (TPSA) is 68.0 Å². The fraction of sp³-hybridized carbons (Fsp3) is 0.0769. The molecular formula is C13H12FN3OS. The predicted octanol–water partition coefficient (Wildman–Crippen LogP) is 2.53. The van der Waals surface area contributed by atoms with Crippen molar-refractivity contribution in [2.45, 2.75) is 5.03 Å². The van der Waals surface area contributed by atoms with Crippen LogP contribution in [0.1, 0.15) is 0 Å². The molecule has 1 amide bonds. The molecule has 98 valence electrons. The van der Waals surface area contributed by atoms with Crippen molar-refractivity contribution >= 4 is 29.0 Å². The molecule has 0 atom stereocenters. The summed E-state index contributed by atoms with van der Waals surface area (Å²) in [4.78, 5) is 15.8. The minimum Gasteiger partial charge on any atom is -0.397 e. The number of amides is 1. The zero-order chi connectivity index (χ0) is 13.7. The van der Waals surface area contributed by atoms with E-state index in [1.165, 1.54) is 30.0 Å². The number of anilines is 2. The van der Waals surface area contributed by atoms with Crippen molar-refractivity contribution in [1.29, 1.82) is 0 Å². The summed E-state index contributed by atoms with van der Waals surface area (Å²) in [6.45, 7) is 0. The molecule has 0 radical (unpaired) electrons. The van der Waals surface area contributed by atoms with Gasteiger partial charge in [0.15, 0.2) is 0 Å². The lowest BCUT2D eigenvalue weighted by molar-refractivity contribution is -0.113. The highest BCUT2D eigenvalue weighted by Gasteiger charge is 2.07. The molecule has 0 saturated heterocycles. The Labute approximate surface area is 114 Å². The molecule has 6 heteroatoms. The van der Waals surface area contributed by atoms with Crippen LogP contribution in [0.25, 0.3) is 0 Å². The van der Waals surface area contributed by atoms with E-state index in [2.05, 4.69) is 10.3 Å². The van der Waals surface area contributed by atoms with Gasteiger partial charge in [-0.1, -0.05) is 17.8 Å². The molecule has 0 aliphatic rings. The van der Waals surface area contributed by atoms with Crippen LogP contribution in [-0.2, 0) is 4.79 Å². The maximum atomic E-state index is 12.8. The van der Waals surface area contributed by atoms with E-state index in [1.807, 2.05) is 18.2 Å². The zero-order valence-electron chi connectivity index (χ0n) is 9.97. The van der Waals surface area contributed by atoms with Crippen LogP contribution < -0.4 is 11.1 Å². The van der Waals surface area contributed by atoms with Crippen LogP contribution in [0.4, 0.5) is 15.8 Å². The maximum Gasteiger partial charge on any atom is 0.234 e. The first-order valence-corrected chi connectivity index (χ1v) is 6.52. The van der Waals surface area contributed by atoms with Gasteiger partial charge >= 0.3 is 0 Å². The number of rotatable bonds is 4. The van der Waals surface area contributed by atoms with Gasteiger partial charge < -0.3 is 11.1 Å². The highest BCUT2D eigenvalue weighted by atomic mass is 32.2. The van der Waals surface area contributed by atoms with E-state index in [4.69, 9.17) is 5.73 Å². The van der Waals surface area contributed by atoms with E-state index < -0.39 is 5.82 Å². The predicted molar refractivity (Wildman–Crippen MR) is 74.4 cm³/mol. The van der Waals surface area contributed by atoms with Crippen molar-refractivity contribution in [2.24, 2.45) is 0 Å². The second-order valence-corrected chi connectivity index (χ2v) is 4.73. The number of pyridine rings is 1. The highest BCUT2D eigenvalue weighted by molar-refractivity contribution is 7.99. The van der Waals surface area contributed by atoms with Crippen molar-refractivity contribution in [3.05, 3.63) is 48.4 Å². The number of carbonyl (C=O) groups is 1. The monoisotopic (exact) mass is 277 g/mol. The van der Waals surface area contributed by atoms with Crippen LogP contribution in [0.3, 0.4) is 0 Å². The van der Waals surface area contributed by atoms with E-state index in [-0.39, 0.29) is 17.3 Å². The van der Waals surface area contributed by atoms with Crippen LogP contribution in [-0.4, -0.2) is 16.6 Å². The van der Waals surface area contributed by atoms with Gasteiger partial charge in [0.25, 0.3) is 0 Å². The van der Waals surface area contributed by atoms with Crippen LogP contribution >= 0.6 is 11.8 Å². The number of benzene rings is 1. The molecular weight excluding hydrogens is 265 g/mol. The Morgan fingerprint density at radius 3 is 2.89 bits per heavy atom. The molecule has 4 nitrogen and oxygen atoms in total. The van der Waals surface area contributed by atoms with Crippen molar-refractivity contribution in [3.8, 4) is 0 Å². The average Bonchev–Trinajstić information content (AvgIpc) is 2.41. The normalized spacial score (nSPS) is 10.2. The molecule has 0 unspecified atom stereocenters. The second kappa shape index (κ2) is 6.19. The van der Waals surface area contributed by atoms with Gasteiger partial charge in [-0.15, -0.1) is 0 Å². The zero-order valence-corrected chi connectivity index (χ0v) is 10.8. The summed E-state index contributed by atoms with van der Waals surface area (Å²) in [5, 5.41) is 3.40. The summed E-state index contributed by atoms with van der Waals surface area (Å²) < 4.78 is 12.8. The Morgan fingerprint density at radius 2 is 2.21 bits per heavy atom. The van der Waals surface area contributed by atoms with Gasteiger partial charge in [0.2, 0.25) is 5.91 Å². The Kier molecular flexibility index (Phi) is 4.35. The lowest BCUT2D eigenvalue weighted by Gasteiger charge is -2.07. The second-order valence-electron chi connectivity index (χ2n) is 3.74. The van der Waals surface area contributed by atoms with Gasteiger partial charge in [0.1, 0.15) is 5.82 Å². The van der Waals surface area contributed by atoms with Gasteiger partial charge in [0.05, 0.1) is 22.2 Å². The molecule has 0 bridgehead atoms. The lowest BCUT2D eigenvalue weighted by atomic mass is 10.2. The Balaban J connectivity index is 1.91. The molecule has 1 heterocycles. The highest BCUT2D eigenvalue weighted by Crippen LogP contribution is 2.20. The third kappa shape index (κ3) is 3.96. The summed E-state index contributed by atoms with van der Waals surface area (Å²) in [5.74, 6) is -0.430. The molecule has 0 saturated carbocycles. The number of aromatic nitrogens is 1. The number of carbonyl (C=O) groups excluding carboxylic acids is 1. The first kappa shape index (κ1) is 13.4. The Bertz CT molecular complexity index is 577. The quantitative estimate of drug-likeness (QED) is 0.665. The van der Waals surface area contributed by atoms with Gasteiger partial charge in [0, 0.05) is 6.20 Å². The third-order valence-corrected chi connectivity index (χ3v) is 3.22. The average molecular weight is 277 g/mol. The maximum absolute atomic E-state index is 12.8. The number of hydrogen-bond donors (Lipinski definition) is 2. The number of nitrogen functional groups attached to an aromatic ring is 1. The van der Waals surface area contributed by atoms with E-state index >= 15 is 0 Å². The molecule has 2 rings (SSSR count). The molecule has 1 aromatic carbocycles. The largest absolute Gasteiger partial charge is 0.397 e. The summed E-state index contributed by atoms with van der Waals surface area (Å²) in [7, 11) is 0. The number of hydrogen-bond acceptors (Lipinski definition) is 4. The molecule has 1 aromatic heterocycles. The minimum absolute atomic E-state index is 0.205. The molecule has 0 aliphatic heterocycles. The number of nitrogens with zero attached hydrogens (tertiary/aromatic N) is 1.